The molecule has 0 radical (unpaired) electrons. The molecule has 102 valence electrons. The number of hydrogen-bond acceptors (Lipinski definition) is 2. The third-order valence-electron chi connectivity index (χ3n) is 3.61. The molecule has 2 rings (SSSR count). The maximum absolute atomic E-state index is 12.1. The van der Waals surface area contributed by atoms with Gasteiger partial charge in [-0.05, 0) is 11.5 Å². The Morgan fingerprint density at radius 1 is 1.32 bits per heavy atom. The number of nitrogens with zero attached hydrogens (tertiary/aromatic N) is 1. The highest BCUT2D eigenvalue weighted by Crippen LogP contribution is 2.25. The summed E-state index contributed by atoms with van der Waals surface area (Å²) in [5.74, 6) is 0.295. The summed E-state index contributed by atoms with van der Waals surface area (Å²) in [5, 5.41) is 2.67. The molecular formula is C15H20N2O2. The van der Waals surface area contributed by atoms with Gasteiger partial charge < -0.3 is 10.2 Å². The summed E-state index contributed by atoms with van der Waals surface area (Å²) in [7, 11) is 0. The molecule has 4 heteroatoms. The zero-order valence-corrected chi connectivity index (χ0v) is 11.4. The van der Waals surface area contributed by atoms with Gasteiger partial charge in [0, 0.05) is 6.54 Å². The Morgan fingerprint density at radius 2 is 2.00 bits per heavy atom. The van der Waals surface area contributed by atoms with Crippen molar-refractivity contribution in [3.05, 3.63) is 35.9 Å². The molecule has 1 fully saturated rings. The van der Waals surface area contributed by atoms with Gasteiger partial charge in [-0.2, -0.15) is 0 Å². The van der Waals surface area contributed by atoms with E-state index in [2.05, 4.69) is 19.2 Å². The number of amides is 2. The highest BCUT2D eigenvalue weighted by atomic mass is 16.2. The van der Waals surface area contributed by atoms with Crippen molar-refractivity contribution >= 4 is 11.8 Å². The van der Waals surface area contributed by atoms with Crippen LogP contribution in [0.3, 0.4) is 0 Å². The lowest BCUT2D eigenvalue weighted by Gasteiger charge is -2.36. The molecule has 19 heavy (non-hydrogen) atoms. The number of carbonyl (C=O) groups is 2. The third-order valence-corrected chi connectivity index (χ3v) is 3.61. The molecule has 1 aliphatic heterocycles. The Hall–Kier alpha value is -1.84. The van der Waals surface area contributed by atoms with Crippen molar-refractivity contribution in [2.75, 3.05) is 13.1 Å². The Balaban J connectivity index is 2.28. The first-order chi connectivity index (χ1) is 9.13. The van der Waals surface area contributed by atoms with Crippen molar-refractivity contribution in [2.24, 2.45) is 5.92 Å². The molecule has 0 aliphatic carbocycles. The Labute approximate surface area is 113 Å². The molecular weight excluding hydrogens is 240 g/mol. The van der Waals surface area contributed by atoms with Crippen LogP contribution in [0.1, 0.15) is 31.9 Å². The van der Waals surface area contributed by atoms with Gasteiger partial charge in [0.2, 0.25) is 11.8 Å². The first-order valence-corrected chi connectivity index (χ1v) is 6.75. The van der Waals surface area contributed by atoms with Crippen molar-refractivity contribution in [1.29, 1.82) is 0 Å². The second-order valence-corrected chi connectivity index (χ2v) is 5.09. The van der Waals surface area contributed by atoms with Gasteiger partial charge in [-0.3, -0.25) is 9.59 Å². The fraction of sp³-hybridized carbons (Fsp3) is 0.467. The van der Waals surface area contributed by atoms with Crippen LogP contribution < -0.4 is 5.32 Å². The summed E-state index contributed by atoms with van der Waals surface area (Å²) < 4.78 is 0. The molecule has 2 atom stereocenters. The zero-order valence-electron chi connectivity index (χ0n) is 11.4. The predicted molar refractivity (Wildman–Crippen MR) is 73.4 cm³/mol. The van der Waals surface area contributed by atoms with Gasteiger partial charge in [-0.25, -0.2) is 0 Å². The van der Waals surface area contributed by atoms with E-state index >= 15 is 0 Å². The van der Waals surface area contributed by atoms with E-state index in [-0.39, 0.29) is 18.4 Å². The summed E-state index contributed by atoms with van der Waals surface area (Å²) >= 11 is 0. The highest BCUT2D eigenvalue weighted by molar-refractivity contribution is 5.95. The lowest BCUT2D eigenvalue weighted by Crippen LogP contribution is -2.54. The molecule has 4 nitrogen and oxygen atoms in total. The monoisotopic (exact) mass is 260 g/mol. The van der Waals surface area contributed by atoms with E-state index in [1.54, 1.807) is 4.90 Å². The van der Waals surface area contributed by atoms with Crippen LogP contribution in [0.25, 0.3) is 0 Å². The fourth-order valence-corrected chi connectivity index (χ4v) is 2.29. The van der Waals surface area contributed by atoms with Crippen LogP contribution in [0.4, 0.5) is 0 Å². The zero-order chi connectivity index (χ0) is 13.8. The van der Waals surface area contributed by atoms with Crippen LogP contribution in [0.5, 0.6) is 0 Å². The molecule has 1 aliphatic rings. The topological polar surface area (TPSA) is 49.4 Å². The van der Waals surface area contributed by atoms with Crippen LogP contribution in [-0.2, 0) is 9.59 Å². The molecule has 1 heterocycles. The smallest absolute Gasteiger partial charge is 0.247 e. The van der Waals surface area contributed by atoms with E-state index in [0.29, 0.717) is 12.5 Å². The Morgan fingerprint density at radius 3 is 2.63 bits per heavy atom. The number of rotatable bonds is 4. The second-order valence-electron chi connectivity index (χ2n) is 5.09. The molecule has 0 aromatic heterocycles. The molecule has 0 spiro atoms. The highest BCUT2D eigenvalue weighted by Gasteiger charge is 2.35. The van der Waals surface area contributed by atoms with Crippen molar-refractivity contribution < 1.29 is 9.59 Å². The minimum Gasteiger partial charge on any atom is -0.345 e. The summed E-state index contributed by atoms with van der Waals surface area (Å²) in [6.07, 6.45) is 0.993. The molecule has 1 N–H and O–H groups in total. The van der Waals surface area contributed by atoms with E-state index in [1.165, 1.54) is 0 Å². The maximum Gasteiger partial charge on any atom is 0.247 e. The van der Waals surface area contributed by atoms with Gasteiger partial charge in [-0.1, -0.05) is 50.6 Å². The summed E-state index contributed by atoms with van der Waals surface area (Å²) in [6.45, 7) is 4.93. The quantitative estimate of drug-likeness (QED) is 0.896. The lowest BCUT2D eigenvalue weighted by molar-refractivity contribution is -0.146. The molecule has 2 unspecified atom stereocenters. The number of carbonyl (C=O) groups excluding carboxylic acids is 2. The van der Waals surface area contributed by atoms with E-state index in [9.17, 15) is 9.59 Å². The normalized spacial score (nSPS) is 21.2. The second kappa shape index (κ2) is 5.87. The van der Waals surface area contributed by atoms with E-state index < -0.39 is 6.04 Å². The van der Waals surface area contributed by atoms with Gasteiger partial charge in [0.15, 0.2) is 0 Å². The van der Waals surface area contributed by atoms with Crippen molar-refractivity contribution in [3.8, 4) is 0 Å². The van der Waals surface area contributed by atoms with E-state index in [4.69, 9.17) is 0 Å². The molecule has 1 aromatic carbocycles. The van der Waals surface area contributed by atoms with Gasteiger partial charge in [0.05, 0.1) is 6.54 Å². The van der Waals surface area contributed by atoms with Gasteiger partial charge >= 0.3 is 0 Å². The number of benzene rings is 1. The van der Waals surface area contributed by atoms with Crippen LogP contribution in [0.15, 0.2) is 30.3 Å². The summed E-state index contributed by atoms with van der Waals surface area (Å²) in [4.78, 5) is 25.9. The van der Waals surface area contributed by atoms with Crippen molar-refractivity contribution in [2.45, 2.75) is 26.3 Å². The van der Waals surface area contributed by atoms with Crippen molar-refractivity contribution in [3.63, 3.8) is 0 Å². The van der Waals surface area contributed by atoms with Crippen molar-refractivity contribution in [1.82, 2.24) is 10.2 Å². The van der Waals surface area contributed by atoms with Crippen LogP contribution in [0.2, 0.25) is 0 Å². The van der Waals surface area contributed by atoms with Gasteiger partial charge in [-0.15, -0.1) is 0 Å². The Kier molecular flexibility index (Phi) is 4.20. The van der Waals surface area contributed by atoms with Gasteiger partial charge in [0.1, 0.15) is 6.04 Å². The molecule has 0 saturated carbocycles. The number of hydrogen-bond donors (Lipinski definition) is 1. The van der Waals surface area contributed by atoms with Crippen LogP contribution in [-0.4, -0.2) is 29.8 Å². The molecule has 1 saturated heterocycles. The SMILES string of the molecule is CCC(C)CN1C(=O)CNC(=O)C1c1ccccc1. The van der Waals surface area contributed by atoms with E-state index in [0.717, 1.165) is 12.0 Å². The predicted octanol–water partition coefficient (Wildman–Crippen LogP) is 1.73. The minimum atomic E-state index is -0.489. The molecule has 1 aromatic rings. The molecule has 2 amide bonds. The van der Waals surface area contributed by atoms with Crippen LogP contribution >= 0.6 is 0 Å². The average Bonchev–Trinajstić information content (AvgIpc) is 2.44. The summed E-state index contributed by atoms with van der Waals surface area (Å²) in [5.41, 5.74) is 0.872. The van der Waals surface area contributed by atoms with Gasteiger partial charge in [0.25, 0.3) is 0 Å². The number of piperazine rings is 1. The lowest BCUT2D eigenvalue weighted by atomic mass is 9.99. The average molecular weight is 260 g/mol. The Bertz CT molecular complexity index is 458. The maximum atomic E-state index is 12.1. The fourth-order valence-electron chi connectivity index (χ4n) is 2.29. The first kappa shape index (κ1) is 13.6. The first-order valence-electron chi connectivity index (χ1n) is 6.75. The largest absolute Gasteiger partial charge is 0.345 e. The van der Waals surface area contributed by atoms with Crippen LogP contribution in [0, 0.1) is 5.92 Å². The standard InChI is InChI=1S/C15H20N2O2/c1-3-11(2)10-17-13(18)9-16-15(19)14(17)12-7-5-4-6-8-12/h4-8,11,14H,3,9-10H2,1-2H3,(H,16,19). The minimum absolute atomic E-state index is 0.00578. The summed E-state index contributed by atoms with van der Waals surface area (Å²) in [6, 6.07) is 8.99. The third kappa shape index (κ3) is 2.95. The molecule has 0 bridgehead atoms. The number of nitrogens with one attached hydrogen (secondary N) is 1. The van der Waals surface area contributed by atoms with E-state index in [1.807, 2.05) is 30.3 Å².